The van der Waals surface area contributed by atoms with Crippen molar-refractivity contribution in [3.63, 3.8) is 0 Å². The van der Waals surface area contributed by atoms with Crippen molar-refractivity contribution in [2.75, 3.05) is 17.6 Å². The van der Waals surface area contributed by atoms with Crippen LogP contribution in [0.1, 0.15) is 4.88 Å². The molecule has 0 bridgehead atoms. The van der Waals surface area contributed by atoms with E-state index in [0.717, 1.165) is 16.8 Å². The van der Waals surface area contributed by atoms with Crippen molar-refractivity contribution in [1.29, 1.82) is 0 Å². The van der Waals surface area contributed by atoms with Crippen LogP contribution >= 0.6 is 23.1 Å². The molecule has 0 spiro atoms. The molecule has 1 N–H and O–H groups in total. The molecule has 0 saturated heterocycles. The molecule has 1 heterocycles. The van der Waals surface area contributed by atoms with Crippen LogP contribution in [0.3, 0.4) is 0 Å². The Hall–Kier alpha value is -1.21. The van der Waals surface area contributed by atoms with E-state index in [9.17, 15) is 13.2 Å². The SMILES string of the molecule is FC(F)(F)c1cnc(NCCSc2ccccc2)s1. The van der Waals surface area contributed by atoms with E-state index in [-0.39, 0.29) is 0 Å². The van der Waals surface area contributed by atoms with Crippen molar-refractivity contribution < 1.29 is 13.2 Å². The Labute approximate surface area is 117 Å². The summed E-state index contributed by atoms with van der Waals surface area (Å²) in [6.07, 6.45) is -3.45. The lowest BCUT2D eigenvalue weighted by Gasteiger charge is -2.03. The van der Waals surface area contributed by atoms with Gasteiger partial charge in [0.25, 0.3) is 0 Å². The molecule has 19 heavy (non-hydrogen) atoms. The van der Waals surface area contributed by atoms with E-state index >= 15 is 0 Å². The predicted molar refractivity (Wildman–Crippen MR) is 72.8 cm³/mol. The zero-order valence-corrected chi connectivity index (χ0v) is 11.4. The first-order valence-corrected chi connectivity index (χ1v) is 7.30. The second kappa shape index (κ2) is 6.29. The number of anilines is 1. The molecule has 0 unspecified atom stereocenters. The normalized spacial score (nSPS) is 11.5. The van der Waals surface area contributed by atoms with Gasteiger partial charge >= 0.3 is 6.18 Å². The number of nitrogens with zero attached hydrogens (tertiary/aromatic N) is 1. The molecular formula is C12H11F3N2S2. The minimum atomic E-state index is -4.31. The number of rotatable bonds is 5. The first-order chi connectivity index (χ1) is 9.05. The van der Waals surface area contributed by atoms with Gasteiger partial charge in [0, 0.05) is 17.2 Å². The van der Waals surface area contributed by atoms with Crippen LogP contribution in [-0.2, 0) is 6.18 Å². The van der Waals surface area contributed by atoms with Gasteiger partial charge in [-0.1, -0.05) is 29.5 Å². The maximum atomic E-state index is 12.3. The fourth-order valence-corrected chi connectivity index (χ4v) is 2.83. The molecular weight excluding hydrogens is 293 g/mol. The molecule has 0 amide bonds. The van der Waals surface area contributed by atoms with Gasteiger partial charge in [-0.15, -0.1) is 11.8 Å². The lowest BCUT2D eigenvalue weighted by molar-refractivity contribution is -0.134. The molecule has 0 atom stereocenters. The van der Waals surface area contributed by atoms with Crippen molar-refractivity contribution in [3.05, 3.63) is 41.4 Å². The van der Waals surface area contributed by atoms with Crippen LogP contribution in [0, 0.1) is 0 Å². The Morgan fingerprint density at radius 2 is 1.95 bits per heavy atom. The Balaban J connectivity index is 1.76. The first kappa shape index (κ1) is 14.2. The molecule has 0 aliphatic carbocycles. The largest absolute Gasteiger partial charge is 0.427 e. The number of thiazole rings is 1. The summed E-state index contributed by atoms with van der Waals surface area (Å²) in [5.41, 5.74) is 0. The van der Waals surface area contributed by atoms with Crippen molar-refractivity contribution >= 4 is 28.2 Å². The van der Waals surface area contributed by atoms with E-state index in [1.807, 2.05) is 30.3 Å². The Kier molecular flexibility index (Phi) is 4.71. The quantitative estimate of drug-likeness (QED) is 0.656. The highest BCUT2D eigenvalue weighted by Crippen LogP contribution is 2.34. The number of aromatic nitrogens is 1. The van der Waals surface area contributed by atoms with Crippen LogP contribution in [0.15, 0.2) is 41.4 Å². The highest BCUT2D eigenvalue weighted by atomic mass is 32.2. The molecule has 0 saturated carbocycles. The zero-order valence-electron chi connectivity index (χ0n) is 9.78. The van der Waals surface area contributed by atoms with Crippen molar-refractivity contribution in [3.8, 4) is 0 Å². The summed E-state index contributed by atoms with van der Waals surface area (Å²) in [7, 11) is 0. The Bertz CT molecular complexity index is 511. The van der Waals surface area contributed by atoms with Gasteiger partial charge in [0.05, 0.1) is 6.20 Å². The smallest absolute Gasteiger partial charge is 0.361 e. The van der Waals surface area contributed by atoms with Crippen LogP contribution < -0.4 is 5.32 Å². The lowest BCUT2D eigenvalue weighted by Crippen LogP contribution is -2.03. The number of thioether (sulfide) groups is 1. The number of halogens is 3. The molecule has 1 aromatic carbocycles. The highest BCUT2D eigenvalue weighted by Gasteiger charge is 2.33. The standard InChI is InChI=1S/C12H11F3N2S2/c13-12(14,15)10-8-17-11(19-10)16-6-7-18-9-4-2-1-3-5-9/h1-5,8H,6-7H2,(H,16,17). The molecule has 0 aliphatic rings. The minimum absolute atomic E-state index is 0.306. The van der Waals surface area contributed by atoms with Crippen LogP contribution in [0.2, 0.25) is 0 Å². The third-order valence-corrected chi connectivity index (χ3v) is 4.19. The minimum Gasteiger partial charge on any atom is -0.361 e. The van der Waals surface area contributed by atoms with E-state index < -0.39 is 11.1 Å². The van der Waals surface area contributed by atoms with E-state index in [1.54, 1.807) is 11.8 Å². The highest BCUT2D eigenvalue weighted by molar-refractivity contribution is 7.99. The van der Waals surface area contributed by atoms with Gasteiger partial charge in [-0.05, 0) is 12.1 Å². The number of nitrogens with one attached hydrogen (secondary N) is 1. The van der Waals surface area contributed by atoms with Gasteiger partial charge in [0.15, 0.2) is 5.13 Å². The summed E-state index contributed by atoms with van der Waals surface area (Å²) in [5, 5.41) is 3.20. The maximum absolute atomic E-state index is 12.3. The molecule has 0 fully saturated rings. The molecule has 0 aliphatic heterocycles. The van der Waals surface area contributed by atoms with E-state index in [1.165, 1.54) is 0 Å². The second-order valence-corrected chi connectivity index (χ2v) is 5.81. The molecule has 2 aromatic rings. The molecule has 7 heteroatoms. The van der Waals surface area contributed by atoms with Gasteiger partial charge in [0.2, 0.25) is 0 Å². The van der Waals surface area contributed by atoms with Crippen LogP contribution in [0.5, 0.6) is 0 Å². The van der Waals surface area contributed by atoms with E-state index in [4.69, 9.17) is 0 Å². The summed E-state index contributed by atoms with van der Waals surface area (Å²) < 4.78 is 37.0. The topological polar surface area (TPSA) is 24.9 Å². The van der Waals surface area contributed by atoms with Crippen molar-refractivity contribution in [2.45, 2.75) is 11.1 Å². The summed E-state index contributed by atoms with van der Waals surface area (Å²) in [6, 6.07) is 9.83. The van der Waals surface area contributed by atoms with E-state index in [2.05, 4.69) is 10.3 Å². The summed E-state index contributed by atoms with van der Waals surface area (Å²) in [4.78, 5) is 4.17. The summed E-state index contributed by atoms with van der Waals surface area (Å²) in [5.74, 6) is 0.769. The van der Waals surface area contributed by atoms with Crippen LogP contribution in [0.25, 0.3) is 0 Å². The number of hydrogen-bond donors (Lipinski definition) is 1. The molecule has 102 valence electrons. The molecule has 2 rings (SSSR count). The number of hydrogen-bond acceptors (Lipinski definition) is 4. The number of benzene rings is 1. The average Bonchev–Trinajstić information content (AvgIpc) is 2.85. The number of alkyl halides is 3. The summed E-state index contributed by atoms with van der Waals surface area (Å²) in [6.45, 7) is 0.574. The average molecular weight is 304 g/mol. The van der Waals surface area contributed by atoms with Gasteiger partial charge in [-0.2, -0.15) is 13.2 Å². The van der Waals surface area contributed by atoms with Gasteiger partial charge in [-0.3, -0.25) is 0 Å². The lowest BCUT2D eigenvalue weighted by atomic mass is 10.4. The first-order valence-electron chi connectivity index (χ1n) is 5.50. The van der Waals surface area contributed by atoms with Gasteiger partial charge < -0.3 is 5.32 Å². The van der Waals surface area contributed by atoms with Crippen LogP contribution in [-0.4, -0.2) is 17.3 Å². The third kappa shape index (κ3) is 4.43. The Morgan fingerprint density at radius 1 is 1.21 bits per heavy atom. The Morgan fingerprint density at radius 3 is 2.58 bits per heavy atom. The second-order valence-electron chi connectivity index (χ2n) is 3.62. The van der Waals surface area contributed by atoms with Gasteiger partial charge in [-0.25, -0.2) is 4.98 Å². The van der Waals surface area contributed by atoms with Gasteiger partial charge in [0.1, 0.15) is 4.88 Å². The molecule has 0 radical (unpaired) electrons. The van der Waals surface area contributed by atoms with Crippen molar-refractivity contribution in [2.24, 2.45) is 0 Å². The third-order valence-electron chi connectivity index (χ3n) is 2.18. The molecule has 2 nitrogen and oxygen atoms in total. The monoisotopic (exact) mass is 304 g/mol. The summed E-state index contributed by atoms with van der Waals surface area (Å²) >= 11 is 2.27. The fraction of sp³-hybridized carbons (Fsp3) is 0.250. The van der Waals surface area contributed by atoms with Crippen LogP contribution in [0.4, 0.5) is 18.3 Å². The maximum Gasteiger partial charge on any atom is 0.427 e. The van der Waals surface area contributed by atoms with Crippen molar-refractivity contribution in [1.82, 2.24) is 4.98 Å². The zero-order chi connectivity index (χ0) is 13.7. The predicted octanol–water partition coefficient (Wildman–Crippen LogP) is 4.37. The fourth-order valence-electron chi connectivity index (χ4n) is 1.33. The molecule has 1 aromatic heterocycles. The van der Waals surface area contributed by atoms with E-state index in [0.29, 0.717) is 23.0 Å².